The van der Waals surface area contributed by atoms with Gasteiger partial charge >= 0.3 is 0 Å². The first-order valence-corrected chi connectivity index (χ1v) is 4.47. The van der Waals surface area contributed by atoms with Crippen LogP contribution in [0.5, 0.6) is 0 Å². The minimum absolute atomic E-state index is 0.0536. The van der Waals surface area contributed by atoms with Gasteiger partial charge in [-0.2, -0.15) is 0 Å². The molecule has 0 bridgehead atoms. The molecule has 13 heavy (non-hydrogen) atoms. The summed E-state index contributed by atoms with van der Waals surface area (Å²) in [4.78, 5) is 20.7. The topological polar surface area (TPSA) is 63.6 Å². The van der Waals surface area contributed by atoms with Gasteiger partial charge in [0.15, 0.2) is 0 Å². The molecule has 1 heterocycles. The van der Waals surface area contributed by atoms with Crippen LogP contribution in [0, 0.1) is 5.92 Å². The summed E-state index contributed by atoms with van der Waals surface area (Å²) in [6, 6.07) is 0. The summed E-state index contributed by atoms with van der Waals surface area (Å²) in [7, 11) is 0. The van der Waals surface area contributed by atoms with E-state index in [1.807, 2.05) is 0 Å². The molecule has 1 N–H and O–H groups in total. The lowest BCUT2D eigenvalue weighted by Crippen LogP contribution is -2.18. The molecule has 0 amide bonds. The third-order valence-electron chi connectivity index (χ3n) is 2.33. The van der Waals surface area contributed by atoms with Crippen molar-refractivity contribution >= 4 is 12.6 Å². The molecular formula is C9H14O4. The summed E-state index contributed by atoms with van der Waals surface area (Å²) >= 11 is 0. The Balaban J connectivity index is 2.42. The monoisotopic (exact) mass is 186 g/mol. The van der Waals surface area contributed by atoms with E-state index < -0.39 is 0 Å². The van der Waals surface area contributed by atoms with Crippen molar-refractivity contribution in [1.29, 1.82) is 0 Å². The van der Waals surface area contributed by atoms with E-state index in [0.717, 1.165) is 12.6 Å². The molecule has 0 aromatic rings. The Hall–Kier alpha value is -0.740. The zero-order valence-corrected chi connectivity index (χ0v) is 7.39. The predicted molar refractivity (Wildman–Crippen MR) is 45.2 cm³/mol. The highest BCUT2D eigenvalue weighted by atomic mass is 16.5. The summed E-state index contributed by atoms with van der Waals surface area (Å²) in [6.45, 7) is -0.0536. The average Bonchev–Trinajstić information content (AvgIpc) is 2.57. The van der Waals surface area contributed by atoms with Gasteiger partial charge in [-0.25, -0.2) is 0 Å². The zero-order chi connectivity index (χ0) is 9.68. The maximum Gasteiger partial charge on any atom is 0.125 e. The Kier molecular flexibility index (Phi) is 4.05. The molecule has 4 heteroatoms. The van der Waals surface area contributed by atoms with Crippen LogP contribution in [0.1, 0.15) is 19.3 Å². The Morgan fingerprint density at radius 1 is 1.46 bits per heavy atom. The molecule has 0 aromatic heterocycles. The molecule has 0 radical (unpaired) electrons. The third-order valence-corrected chi connectivity index (χ3v) is 2.33. The molecule has 1 aliphatic heterocycles. The van der Waals surface area contributed by atoms with Crippen LogP contribution in [0.4, 0.5) is 0 Å². The second kappa shape index (κ2) is 5.09. The second-order valence-electron chi connectivity index (χ2n) is 3.26. The highest BCUT2D eigenvalue weighted by molar-refractivity contribution is 5.55. The summed E-state index contributed by atoms with van der Waals surface area (Å²) in [6.07, 6.45) is 2.81. The number of hydrogen-bond donors (Lipinski definition) is 1. The van der Waals surface area contributed by atoms with Crippen molar-refractivity contribution in [3.05, 3.63) is 0 Å². The average molecular weight is 186 g/mol. The number of aliphatic hydroxyl groups excluding tert-OH is 1. The van der Waals surface area contributed by atoms with Crippen molar-refractivity contribution in [2.45, 2.75) is 31.5 Å². The summed E-state index contributed by atoms with van der Waals surface area (Å²) in [5, 5.41) is 8.81. The lowest BCUT2D eigenvalue weighted by atomic mass is 9.98. The first-order valence-electron chi connectivity index (χ1n) is 4.47. The molecule has 3 atom stereocenters. The smallest absolute Gasteiger partial charge is 0.125 e. The van der Waals surface area contributed by atoms with Gasteiger partial charge in [-0.1, -0.05) is 0 Å². The van der Waals surface area contributed by atoms with Gasteiger partial charge in [0.05, 0.1) is 18.8 Å². The number of rotatable bonds is 5. The lowest BCUT2D eigenvalue weighted by molar-refractivity contribution is -0.114. The van der Waals surface area contributed by atoms with Crippen LogP contribution in [0.2, 0.25) is 0 Å². The van der Waals surface area contributed by atoms with E-state index in [2.05, 4.69) is 0 Å². The molecule has 0 spiro atoms. The van der Waals surface area contributed by atoms with Crippen molar-refractivity contribution in [2.75, 3.05) is 6.61 Å². The van der Waals surface area contributed by atoms with Gasteiger partial charge < -0.3 is 19.4 Å². The number of aliphatic hydroxyl groups is 1. The molecular weight excluding hydrogens is 172 g/mol. The fourth-order valence-electron chi connectivity index (χ4n) is 1.63. The lowest BCUT2D eigenvalue weighted by Gasteiger charge is -2.12. The van der Waals surface area contributed by atoms with Crippen LogP contribution >= 0.6 is 0 Å². The van der Waals surface area contributed by atoms with Crippen LogP contribution in [0.3, 0.4) is 0 Å². The van der Waals surface area contributed by atoms with Crippen molar-refractivity contribution in [3.63, 3.8) is 0 Å². The van der Waals surface area contributed by atoms with E-state index in [1.165, 1.54) is 0 Å². The van der Waals surface area contributed by atoms with E-state index in [4.69, 9.17) is 9.84 Å². The second-order valence-corrected chi connectivity index (χ2v) is 3.26. The quantitative estimate of drug-likeness (QED) is 0.610. The Morgan fingerprint density at radius 2 is 2.23 bits per heavy atom. The fourth-order valence-corrected chi connectivity index (χ4v) is 1.63. The van der Waals surface area contributed by atoms with E-state index in [-0.39, 0.29) is 24.7 Å². The van der Waals surface area contributed by atoms with Gasteiger partial charge in [0.2, 0.25) is 0 Å². The van der Waals surface area contributed by atoms with E-state index in [9.17, 15) is 9.59 Å². The fraction of sp³-hybridized carbons (Fsp3) is 0.778. The van der Waals surface area contributed by atoms with Gasteiger partial charge in [0.1, 0.15) is 12.6 Å². The summed E-state index contributed by atoms with van der Waals surface area (Å²) < 4.78 is 5.38. The minimum Gasteiger partial charge on any atom is -0.394 e. The summed E-state index contributed by atoms with van der Waals surface area (Å²) in [5.74, 6) is -0.155. The number of aldehydes is 2. The largest absolute Gasteiger partial charge is 0.394 e. The number of carbonyl (C=O) groups is 2. The molecule has 1 saturated heterocycles. The molecule has 1 fully saturated rings. The first kappa shape index (κ1) is 10.3. The van der Waals surface area contributed by atoms with Crippen LogP contribution in [0.15, 0.2) is 0 Å². The van der Waals surface area contributed by atoms with Crippen molar-refractivity contribution in [2.24, 2.45) is 5.92 Å². The van der Waals surface area contributed by atoms with Crippen molar-refractivity contribution in [1.82, 2.24) is 0 Å². The standard InChI is InChI=1S/C9H14O4/c10-3-1-2-9-7(5-11)4-8(6-12)13-9/h3,5,7-9,12H,1-2,4,6H2/t7-,8?,9+/m1/s1. The normalized spacial score (nSPS) is 33.2. The van der Waals surface area contributed by atoms with Gasteiger partial charge in [0, 0.05) is 12.3 Å². The molecule has 0 aromatic carbocycles. The van der Waals surface area contributed by atoms with Crippen LogP contribution in [0.25, 0.3) is 0 Å². The van der Waals surface area contributed by atoms with Crippen LogP contribution < -0.4 is 0 Å². The molecule has 0 aliphatic carbocycles. The van der Waals surface area contributed by atoms with E-state index in [0.29, 0.717) is 19.3 Å². The number of hydrogen-bond acceptors (Lipinski definition) is 4. The number of carbonyl (C=O) groups excluding carboxylic acids is 2. The molecule has 1 aliphatic rings. The third kappa shape index (κ3) is 2.60. The highest BCUT2D eigenvalue weighted by Crippen LogP contribution is 2.27. The van der Waals surface area contributed by atoms with Crippen molar-refractivity contribution in [3.8, 4) is 0 Å². The van der Waals surface area contributed by atoms with Gasteiger partial charge in [-0.05, 0) is 12.8 Å². The Labute approximate surface area is 76.9 Å². The number of ether oxygens (including phenoxy) is 1. The SMILES string of the molecule is O=CCC[C@@H]1OC(CO)C[C@@H]1C=O. The molecule has 1 unspecified atom stereocenters. The maximum atomic E-state index is 10.6. The molecule has 1 rings (SSSR count). The minimum atomic E-state index is -0.230. The van der Waals surface area contributed by atoms with Gasteiger partial charge in [-0.3, -0.25) is 0 Å². The molecule has 0 saturated carbocycles. The van der Waals surface area contributed by atoms with Crippen molar-refractivity contribution < 1.29 is 19.4 Å². The van der Waals surface area contributed by atoms with Crippen LogP contribution in [-0.2, 0) is 14.3 Å². The predicted octanol–water partition coefficient (Wildman–Crippen LogP) is -0.0696. The van der Waals surface area contributed by atoms with E-state index >= 15 is 0 Å². The summed E-state index contributed by atoms with van der Waals surface area (Å²) in [5.41, 5.74) is 0. The maximum absolute atomic E-state index is 10.6. The zero-order valence-electron chi connectivity index (χ0n) is 7.39. The van der Waals surface area contributed by atoms with Gasteiger partial charge in [0.25, 0.3) is 0 Å². The van der Waals surface area contributed by atoms with Gasteiger partial charge in [-0.15, -0.1) is 0 Å². The Morgan fingerprint density at radius 3 is 2.77 bits per heavy atom. The van der Waals surface area contributed by atoms with Crippen LogP contribution in [-0.4, -0.2) is 36.5 Å². The molecule has 74 valence electrons. The van der Waals surface area contributed by atoms with E-state index in [1.54, 1.807) is 0 Å². The Bertz CT molecular complexity index is 180. The molecule has 4 nitrogen and oxygen atoms in total. The highest BCUT2D eigenvalue weighted by Gasteiger charge is 2.33. The first-order chi connectivity index (χ1) is 6.31.